The summed E-state index contributed by atoms with van der Waals surface area (Å²) in [6.07, 6.45) is 1.29. The second-order valence-corrected chi connectivity index (χ2v) is 8.50. The van der Waals surface area contributed by atoms with Gasteiger partial charge in [-0.15, -0.1) is 0 Å². The first-order valence-corrected chi connectivity index (χ1v) is 10.4. The summed E-state index contributed by atoms with van der Waals surface area (Å²) in [7, 11) is 0. The molecular weight excluding hydrogens is 419 g/mol. The molecule has 0 radical (unpaired) electrons. The number of halogens is 2. The summed E-state index contributed by atoms with van der Waals surface area (Å²) in [5.41, 5.74) is 2.06. The van der Waals surface area contributed by atoms with Gasteiger partial charge in [0.05, 0.1) is 13.2 Å². The van der Waals surface area contributed by atoms with Gasteiger partial charge in [-0.3, -0.25) is 0 Å². The monoisotopic (exact) mass is 442 g/mol. The van der Waals surface area contributed by atoms with Gasteiger partial charge in [0.15, 0.2) is 0 Å². The van der Waals surface area contributed by atoms with Crippen molar-refractivity contribution in [2.24, 2.45) is 0 Å². The minimum atomic E-state index is -0.156. The van der Waals surface area contributed by atoms with E-state index in [0.29, 0.717) is 19.0 Å². The van der Waals surface area contributed by atoms with Crippen LogP contribution in [0.3, 0.4) is 0 Å². The largest absolute Gasteiger partial charge is 0.463 e. The van der Waals surface area contributed by atoms with Crippen molar-refractivity contribution < 1.29 is 14.2 Å². The number of hydrogen-bond donors (Lipinski definition) is 0. The van der Waals surface area contributed by atoms with E-state index in [0.717, 1.165) is 22.6 Å². The van der Waals surface area contributed by atoms with Gasteiger partial charge in [-0.1, -0.05) is 79.5 Å². The summed E-state index contributed by atoms with van der Waals surface area (Å²) in [5, 5.41) is 0. The molecule has 3 nitrogen and oxygen atoms in total. The Morgan fingerprint density at radius 1 is 0.833 bits per heavy atom. The Morgan fingerprint density at radius 3 is 2.23 bits per heavy atom. The van der Waals surface area contributed by atoms with E-state index in [1.807, 2.05) is 78.9 Å². The maximum atomic E-state index is 6.02. The Balaban J connectivity index is 1.55. The van der Waals surface area contributed by atoms with E-state index in [9.17, 15) is 0 Å². The van der Waals surface area contributed by atoms with Crippen molar-refractivity contribution in [3.8, 4) is 17.2 Å². The predicted octanol–water partition coefficient (Wildman–Crippen LogP) is 7.63. The third kappa shape index (κ3) is 6.81. The Labute approximate surface area is 187 Å². The fourth-order valence-electron chi connectivity index (χ4n) is 2.93. The number of para-hydroxylation sites is 1. The lowest BCUT2D eigenvalue weighted by molar-refractivity contribution is 0.0824. The molecule has 0 fully saturated rings. The Morgan fingerprint density at radius 2 is 1.53 bits per heavy atom. The Hall–Kier alpha value is -2.46. The van der Waals surface area contributed by atoms with Crippen LogP contribution in [-0.4, -0.2) is 6.61 Å². The average Bonchev–Trinajstić information content (AvgIpc) is 2.73. The Bertz CT molecular complexity index is 963. The van der Waals surface area contributed by atoms with Gasteiger partial charge in [0.2, 0.25) is 0 Å². The van der Waals surface area contributed by atoms with Gasteiger partial charge in [0.1, 0.15) is 28.0 Å². The van der Waals surface area contributed by atoms with Crippen LogP contribution in [0.5, 0.6) is 17.2 Å². The zero-order valence-electron chi connectivity index (χ0n) is 17.0. The van der Waals surface area contributed by atoms with E-state index < -0.39 is 0 Å². The highest BCUT2D eigenvalue weighted by Crippen LogP contribution is 2.27. The third-order valence-electron chi connectivity index (χ3n) is 4.53. The van der Waals surface area contributed by atoms with E-state index >= 15 is 0 Å². The van der Waals surface area contributed by atoms with Gasteiger partial charge in [0, 0.05) is 5.41 Å². The van der Waals surface area contributed by atoms with Crippen molar-refractivity contribution >= 4 is 23.2 Å². The number of benzene rings is 3. The lowest BCUT2D eigenvalue weighted by Gasteiger charge is -2.25. The molecule has 0 aliphatic heterocycles. The number of ether oxygens (including phenoxy) is 3. The zero-order chi connectivity index (χ0) is 21.4. The van der Waals surface area contributed by atoms with Crippen LogP contribution in [0.4, 0.5) is 0 Å². The summed E-state index contributed by atoms with van der Waals surface area (Å²) in [6.45, 7) is 5.38. The number of rotatable bonds is 9. The molecule has 30 heavy (non-hydrogen) atoms. The van der Waals surface area contributed by atoms with Crippen LogP contribution in [0.1, 0.15) is 25.0 Å². The van der Waals surface area contributed by atoms with Gasteiger partial charge >= 0.3 is 0 Å². The lowest BCUT2D eigenvalue weighted by atomic mass is 9.85. The predicted molar refractivity (Wildman–Crippen MR) is 122 cm³/mol. The molecule has 0 amide bonds. The van der Waals surface area contributed by atoms with E-state index in [1.54, 1.807) is 0 Å². The minimum absolute atomic E-state index is 0.0750. The first kappa shape index (κ1) is 22.2. The molecule has 0 N–H and O–H groups in total. The molecule has 0 aliphatic rings. The summed E-state index contributed by atoms with van der Waals surface area (Å²) < 4.78 is 17.3. The van der Waals surface area contributed by atoms with Crippen LogP contribution >= 0.6 is 23.2 Å². The third-order valence-corrected chi connectivity index (χ3v) is 4.71. The summed E-state index contributed by atoms with van der Waals surface area (Å²) in [6, 6.07) is 25.5. The van der Waals surface area contributed by atoms with Crippen LogP contribution in [-0.2, 0) is 16.8 Å². The maximum Gasteiger partial charge on any atom is 0.141 e. The standard InChI is InChI=1S/C25H24Cl2O3/c1-25(2,20-11-13-21(14-12-20)29-17-24(26)27)18-28-16-19-7-6-10-23(15-19)30-22-8-4-3-5-9-22/h3-15,17H,16,18H2,1-2H3. The highest BCUT2D eigenvalue weighted by Gasteiger charge is 2.21. The molecule has 156 valence electrons. The SMILES string of the molecule is CC(C)(COCc1cccc(Oc2ccccc2)c1)c1ccc(OC=C(Cl)Cl)cc1. The van der Waals surface area contributed by atoms with Crippen molar-refractivity contribution in [2.45, 2.75) is 25.9 Å². The summed E-state index contributed by atoms with van der Waals surface area (Å²) in [4.78, 5) is 0. The molecule has 0 aliphatic carbocycles. The molecule has 0 aromatic heterocycles. The van der Waals surface area contributed by atoms with Crippen LogP contribution in [0, 0.1) is 0 Å². The van der Waals surface area contributed by atoms with Crippen molar-refractivity contribution in [2.75, 3.05) is 6.61 Å². The second-order valence-electron chi connectivity index (χ2n) is 7.49. The van der Waals surface area contributed by atoms with Crippen LogP contribution < -0.4 is 9.47 Å². The fourth-order valence-corrected chi connectivity index (χ4v) is 3.02. The highest BCUT2D eigenvalue weighted by atomic mass is 35.5. The van der Waals surface area contributed by atoms with Gasteiger partial charge in [-0.25, -0.2) is 0 Å². The summed E-state index contributed by atoms with van der Waals surface area (Å²) in [5.74, 6) is 2.28. The topological polar surface area (TPSA) is 27.7 Å². The van der Waals surface area contributed by atoms with E-state index in [4.69, 9.17) is 37.4 Å². The van der Waals surface area contributed by atoms with Gasteiger partial charge < -0.3 is 14.2 Å². The summed E-state index contributed by atoms with van der Waals surface area (Å²) >= 11 is 11.1. The van der Waals surface area contributed by atoms with Crippen LogP contribution in [0.2, 0.25) is 0 Å². The fraction of sp³-hybridized carbons (Fsp3) is 0.200. The highest BCUT2D eigenvalue weighted by molar-refractivity contribution is 6.55. The maximum absolute atomic E-state index is 6.02. The smallest absolute Gasteiger partial charge is 0.141 e. The second kappa shape index (κ2) is 10.5. The average molecular weight is 443 g/mol. The molecule has 0 bridgehead atoms. The normalized spacial score (nSPS) is 11.1. The molecule has 3 aromatic carbocycles. The lowest BCUT2D eigenvalue weighted by Crippen LogP contribution is -2.24. The van der Waals surface area contributed by atoms with Gasteiger partial charge in [0.25, 0.3) is 0 Å². The van der Waals surface area contributed by atoms with Gasteiger partial charge in [-0.2, -0.15) is 0 Å². The molecule has 0 unspecified atom stereocenters. The molecule has 5 heteroatoms. The molecule has 3 rings (SSSR count). The minimum Gasteiger partial charge on any atom is -0.463 e. The first-order chi connectivity index (χ1) is 14.4. The van der Waals surface area contributed by atoms with E-state index in [1.165, 1.54) is 6.26 Å². The zero-order valence-corrected chi connectivity index (χ0v) is 18.5. The molecular formula is C25H24Cl2O3. The number of hydrogen-bond acceptors (Lipinski definition) is 3. The molecule has 0 heterocycles. The van der Waals surface area contributed by atoms with Crippen molar-refractivity contribution in [3.05, 3.63) is 101 Å². The first-order valence-electron chi connectivity index (χ1n) is 9.60. The van der Waals surface area contributed by atoms with Crippen LogP contribution in [0.15, 0.2) is 89.6 Å². The molecule has 0 saturated heterocycles. The molecule has 0 spiro atoms. The van der Waals surface area contributed by atoms with Crippen LogP contribution in [0.25, 0.3) is 0 Å². The molecule has 3 aromatic rings. The quantitative estimate of drug-likeness (QED) is 0.318. The van der Waals surface area contributed by atoms with Gasteiger partial charge in [-0.05, 0) is 47.5 Å². The van der Waals surface area contributed by atoms with E-state index in [2.05, 4.69) is 13.8 Å². The van der Waals surface area contributed by atoms with Crippen molar-refractivity contribution in [1.29, 1.82) is 0 Å². The van der Waals surface area contributed by atoms with Crippen molar-refractivity contribution in [1.82, 2.24) is 0 Å². The Kier molecular flexibility index (Phi) is 7.81. The van der Waals surface area contributed by atoms with Crippen molar-refractivity contribution in [3.63, 3.8) is 0 Å². The molecule has 0 saturated carbocycles. The molecule has 0 atom stereocenters. The van der Waals surface area contributed by atoms with E-state index in [-0.39, 0.29) is 9.91 Å².